The van der Waals surface area contributed by atoms with E-state index in [4.69, 9.17) is 0 Å². The molecule has 3 rings (SSSR count). The third-order valence-electron chi connectivity index (χ3n) is 3.10. The Morgan fingerprint density at radius 3 is 2.62 bits per heavy atom. The first-order valence-corrected chi connectivity index (χ1v) is 9.18. The number of nitrogens with one attached hydrogen (secondary N) is 3. The minimum Gasteiger partial charge on any atom is -0.334 e. The Balaban J connectivity index is 1.63. The predicted octanol–water partition coefficient (Wildman–Crippen LogP) is 2.02. The van der Waals surface area contributed by atoms with Crippen LogP contribution >= 0.6 is 11.3 Å². The fourth-order valence-corrected chi connectivity index (χ4v) is 4.10. The van der Waals surface area contributed by atoms with Gasteiger partial charge in [-0.2, -0.15) is 5.10 Å². The molecule has 0 fully saturated rings. The number of urea groups is 1. The number of anilines is 1. The summed E-state index contributed by atoms with van der Waals surface area (Å²) in [5.41, 5.74) is 2.80. The van der Waals surface area contributed by atoms with E-state index in [0.717, 1.165) is 16.9 Å². The molecule has 2 aromatic heterocycles. The van der Waals surface area contributed by atoms with Gasteiger partial charge in [0.05, 0.1) is 22.8 Å². The zero-order valence-corrected chi connectivity index (χ0v) is 13.9. The van der Waals surface area contributed by atoms with Crippen molar-refractivity contribution in [3.05, 3.63) is 53.9 Å². The van der Waals surface area contributed by atoms with E-state index in [2.05, 4.69) is 25.8 Å². The fraction of sp³-hybridized carbons (Fsp3) is 0.0714. The first-order chi connectivity index (χ1) is 11.6. The molecule has 0 saturated heterocycles. The molecule has 0 spiro atoms. The molecular formula is C14H13N5O3S2. The molecule has 124 valence electrons. The smallest absolute Gasteiger partial charge is 0.319 e. The highest BCUT2D eigenvalue weighted by molar-refractivity contribution is 7.93. The molecule has 8 nitrogen and oxygen atoms in total. The van der Waals surface area contributed by atoms with Gasteiger partial charge in [-0.25, -0.2) is 13.2 Å². The number of hydrogen-bond donors (Lipinski definition) is 3. The van der Waals surface area contributed by atoms with E-state index in [0.29, 0.717) is 12.2 Å². The Morgan fingerprint density at radius 1 is 1.21 bits per heavy atom. The number of benzene rings is 1. The molecule has 0 atom stereocenters. The van der Waals surface area contributed by atoms with Crippen LogP contribution in [0.1, 0.15) is 5.56 Å². The molecular weight excluding hydrogens is 350 g/mol. The average Bonchev–Trinajstić information content (AvgIpc) is 3.27. The zero-order chi connectivity index (χ0) is 17.0. The Hall–Kier alpha value is -2.72. The molecule has 0 saturated carbocycles. The van der Waals surface area contributed by atoms with Crippen LogP contribution in [0.5, 0.6) is 0 Å². The molecule has 1 aromatic carbocycles. The number of aromatic amines is 1. The van der Waals surface area contributed by atoms with Crippen LogP contribution in [-0.4, -0.2) is 29.6 Å². The largest absolute Gasteiger partial charge is 0.334 e. The molecule has 24 heavy (non-hydrogen) atoms. The Kier molecular flexibility index (Phi) is 4.58. The van der Waals surface area contributed by atoms with Crippen LogP contribution in [0.2, 0.25) is 0 Å². The lowest BCUT2D eigenvalue weighted by Crippen LogP contribution is -2.28. The van der Waals surface area contributed by atoms with Crippen molar-refractivity contribution in [1.82, 2.24) is 20.5 Å². The number of thiazole rings is 1. The molecule has 3 aromatic rings. The monoisotopic (exact) mass is 363 g/mol. The van der Waals surface area contributed by atoms with Crippen molar-refractivity contribution >= 4 is 32.9 Å². The maximum atomic E-state index is 12.3. The molecule has 0 aliphatic heterocycles. The molecule has 3 N–H and O–H groups in total. The summed E-state index contributed by atoms with van der Waals surface area (Å²) in [6.45, 7) is 0.334. The maximum absolute atomic E-state index is 12.3. The van der Waals surface area contributed by atoms with Crippen molar-refractivity contribution in [3.63, 3.8) is 0 Å². The second-order valence-corrected chi connectivity index (χ2v) is 7.83. The van der Waals surface area contributed by atoms with Gasteiger partial charge in [0.25, 0.3) is 0 Å². The van der Waals surface area contributed by atoms with E-state index in [1.165, 1.54) is 36.0 Å². The third-order valence-corrected chi connectivity index (χ3v) is 6.14. The summed E-state index contributed by atoms with van der Waals surface area (Å²) in [5.74, 6) is 0. The lowest BCUT2D eigenvalue weighted by Gasteiger charge is -2.07. The summed E-state index contributed by atoms with van der Waals surface area (Å²) in [7, 11) is -3.56. The van der Waals surface area contributed by atoms with Gasteiger partial charge in [0, 0.05) is 24.0 Å². The van der Waals surface area contributed by atoms with Crippen LogP contribution in [-0.2, 0) is 16.4 Å². The van der Waals surface area contributed by atoms with Crippen molar-refractivity contribution in [2.24, 2.45) is 0 Å². The third kappa shape index (κ3) is 3.60. The van der Waals surface area contributed by atoms with E-state index >= 15 is 0 Å². The first-order valence-electron chi connectivity index (χ1n) is 6.82. The first kappa shape index (κ1) is 16.1. The number of carbonyl (C=O) groups excluding carboxylic acids is 1. The highest BCUT2D eigenvalue weighted by Gasteiger charge is 2.19. The summed E-state index contributed by atoms with van der Waals surface area (Å²) in [6.07, 6.45) is 4.61. The molecule has 2 heterocycles. The van der Waals surface area contributed by atoms with Gasteiger partial charge in [0.15, 0.2) is 0 Å². The topological polar surface area (TPSA) is 117 Å². The van der Waals surface area contributed by atoms with Crippen molar-refractivity contribution < 1.29 is 13.2 Å². The minimum absolute atomic E-state index is 0.149. The van der Waals surface area contributed by atoms with Crippen LogP contribution < -0.4 is 10.6 Å². The second kappa shape index (κ2) is 6.81. The molecule has 0 unspecified atom stereocenters. The van der Waals surface area contributed by atoms with Crippen LogP contribution in [0.4, 0.5) is 10.5 Å². The van der Waals surface area contributed by atoms with Crippen LogP contribution in [0.15, 0.2) is 57.5 Å². The molecule has 0 radical (unpaired) electrons. The van der Waals surface area contributed by atoms with Gasteiger partial charge >= 0.3 is 6.03 Å². The van der Waals surface area contributed by atoms with Crippen molar-refractivity contribution in [2.75, 3.05) is 5.32 Å². The number of H-pyrrole nitrogens is 1. The summed E-state index contributed by atoms with van der Waals surface area (Å²) < 4.78 is 24.8. The Bertz CT molecular complexity index is 904. The van der Waals surface area contributed by atoms with E-state index in [-0.39, 0.29) is 9.10 Å². The predicted molar refractivity (Wildman–Crippen MR) is 88.5 cm³/mol. The Labute approximate surface area is 141 Å². The fourth-order valence-electron chi connectivity index (χ4n) is 1.90. The number of carbonyl (C=O) groups is 1. The summed E-state index contributed by atoms with van der Waals surface area (Å²) in [4.78, 5) is 15.7. The number of nitrogens with zero attached hydrogens (tertiary/aromatic N) is 2. The highest BCUT2D eigenvalue weighted by atomic mass is 32.2. The molecule has 10 heteroatoms. The van der Waals surface area contributed by atoms with E-state index < -0.39 is 15.9 Å². The molecule has 0 aliphatic rings. The van der Waals surface area contributed by atoms with Gasteiger partial charge in [0.1, 0.15) is 4.21 Å². The summed E-state index contributed by atoms with van der Waals surface area (Å²) in [6, 6.07) is 5.56. The van der Waals surface area contributed by atoms with Crippen LogP contribution in [0.25, 0.3) is 0 Å². The van der Waals surface area contributed by atoms with Crippen molar-refractivity contribution in [2.45, 2.75) is 15.6 Å². The van der Waals surface area contributed by atoms with Gasteiger partial charge in [-0.15, -0.1) is 11.3 Å². The summed E-state index contributed by atoms with van der Waals surface area (Å²) in [5, 5.41) is 11.7. The van der Waals surface area contributed by atoms with E-state index in [1.807, 2.05) is 0 Å². The second-order valence-electron chi connectivity index (χ2n) is 4.76. The lowest BCUT2D eigenvalue weighted by atomic mass is 10.3. The van der Waals surface area contributed by atoms with Crippen LogP contribution in [0, 0.1) is 0 Å². The zero-order valence-electron chi connectivity index (χ0n) is 12.3. The van der Waals surface area contributed by atoms with Gasteiger partial charge in [0.2, 0.25) is 9.84 Å². The SMILES string of the molecule is O=C(NCc1cn[nH]c1)Nc1ccc(S(=O)(=O)c2cncs2)cc1. The quantitative estimate of drug-likeness (QED) is 0.641. The van der Waals surface area contributed by atoms with Gasteiger partial charge in [-0.3, -0.25) is 10.1 Å². The minimum atomic E-state index is -3.56. The van der Waals surface area contributed by atoms with Crippen molar-refractivity contribution in [3.8, 4) is 0 Å². The number of sulfone groups is 1. The lowest BCUT2D eigenvalue weighted by molar-refractivity contribution is 0.251. The standard InChI is InChI=1S/C14H13N5O3S2/c20-14(16-5-10-6-17-18-7-10)19-11-1-3-12(4-2-11)24(21,22)13-8-15-9-23-13/h1-4,6-9H,5H2,(H,17,18)(H2,16,19,20). The molecule has 0 aliphatic carbocycles. The molecule has 2 amide bonds. The van der Waals surface area contributed by atoms with Gasteiger partial charge < -0.3 is 10.6 Å². The number of amides is 2. The normalized spacial score (nSPS) is 11.2. The van der Waals surface area contributed by atoms with E-state index in [9.17, 15) is 13.2 Å². The van der Waals surface area contributed by atoms with Gasteiger partial charge in [-0.05, 0) is 24.3 Å². The van der Waals surface area contributed by atoms with Crippen LogP contribution in [0.3, 0.4) is 0 Å². The number of rotatable bonds is 5. The van der Waals surface area contributed by atoms with Crippen molar-refractivity contribution in [1.29, 1.82) is 0 Å². The average molecular weight is 363 g/mol. The van der Waals surface area contributed by atoms with E-state index in [1.54, 1.807) is 12.4 Å². The number of hydrogen-bond acceptors (Lipinski definition) is 6. The summed E-state index contributed by atoms with van der Waals surface area (Å²) >= 11 is 1.06. The highest BCUT2D eigenvalue weighted by Crippen LogP contribution is 2.24. The van der Waals surface area contributed by atoms with Gasteiger partial charge in [-0.1, -0.05) is 0 Å². The molecule has 0 bridgehead atoms. The number of aromatic nitrogens is 3. The Morgan fingerprint density at radius 2 is 2.00 bits per heavy atom. The maximum Gasteiger partial charge on any atom is 0.319 e.